The van der Waals surface area contributed by atoms with Gasteiger partial charge in [-0.25, -0.2) is 0 Å². The highest BCUT2D eigenvalue weighted by Gasteiger charge is 2.29. The second-order valence-corrected chi connectivity index (χ2v) is 7.84. The SMILES string of the molecule is CN1CCN(C(=O)/C=C/c2cc(Cl)c3c(c2)OCCCO3)C(c2ccccc2)C1. The van der Waals surface area contributed by atoms with Crippen LogP contribution in [-0.4, -0.2) is 55.6 Å². The van der Waals surface area contributed by atoms with Crippen LogP contribution in [-0.2, 0) is 4.79 Å². The number of fused-ring (bicyclic) bond motifs is 1. The Bertz CT molecular complexity index is 900. The minimum atomic E-state index is -0.00446. The Labute approximate surface area is 176 Å². The number of hydrogen-bond donors (Lipinski definition) is 0. The molecule has 2 aliphatic heterocycles. The number of piperazine rings is 1. The molecule has 1 atom stereocenters. The van der Waals surface area contributed by atoms with Crippen LogP contribution in [0.4, 0.5) is 0 Å². The van der Waals surface area contributed by atoms with E-state index in [2.05, 4.69) is 24.1 Å². The van der Waals surface area contributed by atoms with Gasteiger partial charge >= 0.3 is 0 Å². The molecule has 2 aromatic carbocycles. The number of halogens is 1. The topological polar surface area (TPSA) is 42.0 Å². The maximum absolute atomic E-state index is 13.0. The van der Waals surface area contributed by atoms with Crippen molar-refractivity contribution in [3.63, 3.8) is 0 Å². The zero-order valence-corrected chi connectivity index (χ0v) is 17.3. The average Bonchev–Trinajstić information content (AvgIpc) is 2.98. The Morgan fingerprint density at radius 3 is 2.76 bits per heavy atom. The molecule has 6 heteroatoms. The van der Waals surface area contributed by atoms with Gasteiger partial charge in [0.15, 0.2) is 11.5 Å². The number of benzene rings is 2. The van der Waals surface area contributed by atoms with Gasteiger partial charge in [-0.3, -0.25) is 4.79 Å². The molecule has 0 bridgehead atoms. The van der Waals surface area contributed by atoms with Gasteiger partial charge in [0.05, 0.1) is 24.3 Å². The van der Waals surface area contributed by atoms with E-state index in [9.17, 15) is 4.79 Å². The largest absolute Gasteiger partial charge is 0.489 e. The summed E-state index contributed by atoms with van der Waals surface area (Å²) in [5.41, 5.74) is 1.97. The van der Waals surface area contributed by atoms with Gasteiger partial charge in [0.2, 0.25) is 5.91 Å². The van der Waals surface area contributed by atoms with Crippen molar-refractivity contribution in [2.45, 2.75) is 12.5 Å². The molecule has 2 aliphatic rings. The van der Waals surface area contributed by atoms with E-state index in [1.165, 1.54) is 0 Å². The lowest BCUT2D eigenvalue weighted by atomic mass is 10.0. The van der Waals surface area contributed by atoms with Crippen molar-refractivity contribution in [3.8, 4) is 11.5 Å². The molecule has 5 nitrogen and oxygen atoms in total. The minimum Gasteiger partial charge on any atom is -0.489 e. The highest BCUT2D eigenvalue weighted by atomic mass is 35.5. The third-order valence-corrected chi connectivity index (χ3v) is 5.57. The van der Waals surface area contributed by atoms with Crippen molar-refractivity contribution < 1.29 is 14.3 Å². The lowest BCUT2D eigenvalue weighted by molar-refractivity contribution is -0.130. The number of likely N-dealkylation sites (N-methyl/N-ethyl adjacent to an activating group) is 1. The quantitative estimate of drug-likeness (QED) is 0.714. The lowest BCUT2D eigenvalue weighted by Crippen LogP contribution is -2.48. The second-order valence-electron chi connectivity index (χ2n) is 7.43. The monoisotopic (exact) mass is 412 g/mol. The van der Waals surface area contributed by atoms with E-state index in [0.717, 1.165) is 30.6 Å². The molecule has 2 heterocycles. The fourth-order valence-electron chi connectivity index (χ4n) is 3.75. The van der Waals surface area contributed by atoms with Gasteiger partial charge in [-0.1, -0.05) is 41.9 Å². The molecule has 4 rings (SSSR count). The summed E-state index contributed by atoms with van der Waals surface area (Å²) in [6.07, 6.45) is 4.24. The molecular formula is C23H25ClN2O3. The van der Waals surface area contributed by atoms with E-state index in [1.54, 1.807) is 18.2 Å². The van der Waals surface area contributed by atoms with Crippen LogP contribution in [0.25, 0.3) is 6.08 Å². The summed E-state index contributed by atoms with van der Waals surface area (Å²) in [7, 11) is 2.09. The number of rotatable bonds is 3. The molecule has 1 amide bonds. The normalized spacial score (nSPS) is 19.9. The molecule has 152 valence electrons. The molecule has 1 unspecified atom stereocenters. The zero-order valence-electron chi connectivity index (χ0n) is 16.5. The van der Waals surface area contributed by atoms with E-state index in [-0.39, 0.29) is 11.9 Å². The molecule has 0 aromatic heterocycles. The number of amides is 1. The van der Waals surface area contributed by atoms with Gasteiger partial charge in [0, 0.05) is 32.1 Å². The summed E-state index contributed by atoms with van der Waals surface area (Å²) in [4.78, 5) is 17.2. The first-order valence-electron chi connectivity index (χ1n) is 9.93. The van der Waals surface area contributed by atoms with Crippen LogP contribution in [0, 0.1) is 0 Å². The minimum absolute atomic E-state index is 0.00446. The fraction of sp³-hybridized carbons (Fsp3) is 0.348. The summed E-state index contributed by atoms with van der Waals surface area (Å²) in [6, 6.07) is 13.9. The fourth-order valence-corrected chi connectivity index (χ4v) is 4.03. The lowest BCUT2D eigenvalue weighted by Gasteiger charge is -2.40. The Morgan fingerprint density at radius 1 is 1.14 bits per heavy atom. The molecule has 0 N–H and O–H groups in total. The molecule has 1 fully saturated rings. The van der Waals surface area contributed by atoms with Gasteiger partial charge in [-0.2, -0.15) is 0 Å². The van der Waals surface area contributed by atoms with Crippen LogP contribution in [0.5, 0.6) is 11.5 Å². The van der Waals surface area contributed by atoms with Crippen LogP contribution in [0.3, 0.4) is 0 Å². The summed E-state index contributed by atoms with van der Waals surface area (Å²) in [5.74, 6) is 1.20. The number of nitrogens with zero attached hydrogens (tertiary/aromatic N) is 2. The smallest absolute Gasteiger partial charge is 0.247 e. The molecule has 0 radical (unpaired) electrons. The maximum atomic E-state index is 13.0. The van der Waals surface area contributed by atoms with E-state index < -0.39 is 0 Å². The predicted octanol–water partition coefficient (Wildman–Crippen LogP) is 4.03. The summed E-state index contributed by atoms with van der Waals surface area (Å²) in [6.45, 7) is 3.56. The van der Waals surface area contributed by atoms with Gasteiger partial charge in [-0.05, 0) is 36.4 Å². The number of ether oxygens (including phenoxy) is 2. The molecule has 0 aliphatic carbocycles. The third-order valence-electron chi connectivity index (χ3n) is 5.29. The Kier molecular flexibility index (Phi) is 6.07. The van der Waals surface area contributed by atoms with Crippen LogP contribution in [0.1, 0.15) is 23.6 Å². The van der Waals surface area contributed by atoms with Gasteiger partial charge in [0.1, 0.15) is 0 Å². The molecular weight excluding hydrogens is 388 g/mol. The van der Waals surface area contributed by atoms with Crippen LogP contribution >= 0.6 is 11.6 Å². The Morgan fingerprint density at radius 2 is 1.93 bits per heavy atom. The van der Waals surface area contributed by atoms with Crippen molar-refractivity contribution in [2.24, 2.45) is 0 Å². The summed E-state index contributed by atoms with van der Waals surface area (Å²) < 4.78 is 11.4. The molecule has 0 saturated carbocycles. The van der Waals surface area contributed by atoms with Crippen molar-refractivity contribution in [3.05, 3.63) is 64.7 Å². The van der Waals surface area contributed by atoms with Gasteiger partial charge in [0.25, 0.3) is 0 Å². The molecule has 0 spiro atoms. The second kappa shape index (κ2) is 8.89. The van der Waals surface area contributed by atoms with Crippen LogP contribution in [0.15, 0.2) is 48.5 Å². The highest BCUT2D eigenvalue weighted by molar-refractivity contribution is 6.32. The maximum Gasteiger partial charge on any atom is 0.247 e. The van der Waals surface area contributed by atoms with E-state index in [4.69, 9.17) is 21.1 Å². The van der Waals surface area contributed by atoms with E-state index in [0.29, 0.717) is 36.3 Å². The first-order chi connectivity index (χ1) is 14.1. The standard InChI is InChI=1S/C23H25ClN2O3/c1-25-10-11-26(20(16-25)18-6-3-2-4-7-18)22(27)9-8-17-14-19(24)23-21(15-17)28-12-5-13-29-23/h2-4,6-9,14-15,20H,5,10-13,16H2,1H3/b9-8+. The van der Waals surface area contributed by atoms with Crippen molar-refractivity contribution >= 4 is 23.6 Å². The Balaban J connectivity index is 1.54. The predicted molar refractivity (Wildman–Crippen MR) is 114 cm³/mol. The first kappa shape index (κ1) is 19.8. The highest BCUT2D eigenvalue weighted by Crippen LogP contribution is 2.38. The number of hydrogen-bond acceptors (Lipinski definition) is 4. The molecule has 2 aromatic rings. The third kappa shape index (κ3) is 4.57. The first-order valence-corrected chi connectivity index (χ1v) is 10.3. The molecule has 29 heavy (non-hydrogen) atoms. The molecule has 1 saturated heterocycles. The number of carbonyl (C=O) groups is 1. The van der Waals surface area contributed by atoms with Crippen molar-refractivity contribution in [1.29, 1.82) is 0 Å². The summed E-state index contributed by atoms with van der Waals surface area (Å²) in [5, 5.41) is 0.498. The zero-order chi connectivity index (χ0) is 20.2. The average molecular weight is 413 g/mol. The van der Waals surface area contributed by atoms with Crippen LogP contribution < -0.4 is 9.47 Å². The van der Waals surface area contributed by atoms with Gasteiger partial charge in [-0.15, -0.1) is 0 Å². The van der Waals surface area contributed by atoms with Gasteiger partial charge < -0.3 is 19.3 Å². The van der Waals surface area contributed by atoms with Crippen LogP contribution in [0.2, 0.25) is 5.02 Å². The number of carbonyl (C=O) groups excluding carboxylic acids is 1. The summed E-state index contributed by atoms with van der Waals surface area (Å²) >= 11 is 6.36. The van der Waals surface area contributed by atoms with E-state index in [1.807, 2.05) is 29.2 Å². The van der Waals surface area contributed by atoms with Crippen molar-refractivity contribution in [1.82, 2.24) is 9.80 Å². The van der Waals surface area contributed by atoms with Crippen molar-refractivity contribution in [2.75, 3.05) is 39.9 Å². The van der Waals surface area contributed by atoms with E-state index >= 15 is 0 Å². The Hall–Kier alpha value is -2.50.